The molecule has 2 heterocycles. The first-order valence-electron chi connectivity index (χ1n) is 9.93. The first-order valence-corrected chi connectivity index (χ1v) is 10.7. The molecule has 5 nitrogen and oxygen atoms in total. The van der Waals surface area contributed by atoms with Gasteiger partial charge in [0.05, 0.1) is 21.4 Å². The van der Waals surface area contributed by atoms with Gasteiger partial charge in [0, 0.05) is 18.2 Å². The Hall–Kier alpha value is -1.53. The van der Waals surface area contributed by atoms with Gasteiger partial charge < -0.3 is 10.4 Å². The van der Waals surface area contributed by atoms with Crippen molar-refractivity contribution in [3.05, 3.63) is 22.8 Å². The molecule has 1 amide bonds. The topological polar surface area (TPSA) is 75.1 Å². The van der Waals surface area contributed by atoms with Crippen LogP contribution in [0.4, 0.5) is 0 Å². The summed E-state index contributed by atoms with van der Waals surface area (Å²) >= 11 is 1.68. The summed E-state index contributed by atoms with van der Waals surface area (Å²) in [5.74, 6) is 1.55. The Morgan fingerprint density at radius 3 is 2.46 bits per heavy atom. The van der Waals surface area contributed by atoms with Gasteiger partial charge in [0.1, 0.15) is 0 Å². The molecule has 3 saturated carbocycles. The lowest BCUT2D eigenvalue weighted by Gasteiger charge is -2.32. The molecule has 0 spiro atoms. The van der Waals surface area contributed by atoms with Crippen LogP contribution in [-0.4, -0.2) is 33.1 Å². The van der Waals surface area contributed by atoms with E-state index in [-0.39, 0.29) is 18.1 Å². The van der Waals surface area contributed by atoms with Crippen LogP contribution in [0.5, 0.6) is 0 Å². The zero-order valence-corrected chi connectivity index (χ0v) is 15.7. The normalized spacial score (nSPS) is 27.4. The Kier molecular flexibility index (Phi) is 4.20. The number of aliphatic hydroxyl groups is 1. The van der Waals surface area contributed by atoms with Crippen LogP contribution in [0.25, 0.3) is 10.3 Å². The second-order valence-electron chi connectivity index (χ2n) is 8.29. The summed E-state index contributed by atoms with van der Waals surface area (Å²) in [5.41, 5.74) is 1.40. The SMILES string of the molecule is O=C(NC1CCC(C(O)C2CC2)CC1)c1cnc2nc(C3CC3)sc2c1. The highest BCUT2D eigenvalue weighted by molar-refractivity contribution is 7.18. The van der Waals surface area contributed by atoms with Crippen molar-refractivity contribution < 1.29 is 9.90 Å². The maximum absolute atomic E-state index is 12.6. The van der Waals surface area contributed by atoms with E-state index < -0.39 is 0 Å². The number of fused-ring (bicyclic) bond motifs is 1. The fraction of sp³-hybridized carbons (Fsp3) is 0.650. The maximum Gasteiger partial charge on any atom is 0.253 e. The van der Waals surface area contributed by atoms with Crippen LogP contribution in [0, 0.1) is 11.8 Å². The predicted octanol–water partition coefficient (Wildman–Crippen LogP) is 3.63. The van der Waals surface area contributed by atoms with Crippen LogP contribution in [0.1, 0.15) is 72.7 Å². The van der Waals surface area contributed by atoms with Crippen molar-refractivity contribution in [3.63, 3.8) is 0 Å². The van der Waals surface area contributed by atoms with E-state index in [4.69, 9.17) is 0 Å². The quantitative estimate of drug-likeness (QED) is 0.842. The molecule has 3 aliphatic carbocycles. The minimum Gasteiger partial charge on any atom is -0.393 e. The lowest BCUT2D eigenvalue weighted by Crippen LogP contribution is -2.39. The van der Waals surface area contributed by atoms with Crippen molar-refractivity contribution in [1.29, 1.82) is 0 Å². The third kappa shape index (κ3) is 3.37. The fourth-order valence-corrected chi connectivity index (χ4v) is 5.30. The molecule has 1 unspecified atom stereocenters. The molecule has 5 rings (SSSR count). The molecule has 0 saturated heterocycles. The van der Waals surface area contributed by atoms with Crippen LogP contribution in [0.3, 0.4) is 0 Å². The van der Waals surface area contributed by atoms with Crippen molar-refractivity contribution in [2.75, 3.05) is 0 Å². The summed E-state index contributed by atoms with van der Waals surface area (Å²) in [6, 6.07) is 2.15. The Balaban J connectivity index is 1.20. The highest BCUT2D eigenvalue weighted by Crippen LogP contribution is 2.43. The molecule has 1 atom stereocenters. The van der Waals surface area contributed by atoms with Crippen LogP contribution < -0.4 is 5.32 Å². The Morgan fingerprint density at radius 2 is 1.81 bits per heavy atom. The first-order chi connectivity index (χ1) is 12.7. The van der Waals surface area contributed by atoms with Gasteiger partial charge in [-0.15, -0.1) is 11.3 Å². The number of nitrogens with one attached hydrogen (secondary N) is 1. The summed E-state index contributed by atoms with van der Waals surface area (Å²) in [5, 5.41) is 14.6. The lowest BCUT2D eigenvalue weighted by molar-refractivity contribution is 0.0590. The number of nitrogens with zero attached hydrogens (tertiary/aromatic N) is 2. The number of thiazole rings is 1. The number of rotatable bonds is 5. The third-order valence-electron chi connectivity index (χ3n) is 6.15. The number of aliphatic hydroxyl groups excluding tert-OH is 1. The van der Waals surface area contributed by atoms with Gasteiger partial charge in [-0.05, 0) is 69.3 Å². The molecule has 3 aliphatic rings. The number of hydrogen-bond donors (Lipinski definition) is 2. The lowest BCUT2D eigenvalue weighted by atomic mass is 9.81. The van der Waals surface area contributed by atoms with E-state index in [9.17, 15) is 9.90 Å². The summed E-state index contributed by atoms with van der Waals surface area (Å²) in [4.78, 5) is 21.6. The largest absolute Gasteiger partial charge is 0.393 e. The molecule has 0 aliphatic heterocycles. The Bertz CT molecular complexity index is 820. The molecule has 3 fully saturated rings. The Morgan fingerprint density at radius 1 is 1.12 bits per heavy atom. The highest BCUT2D eigenvalue weighted by atomic mass is 32.1. The van der Waals surface area contributed by atoms with Gasteiger partial charge in [0.25, 0.3) is 5.91 Å². The van der Waals surface area contributed by atoms with E-state index >= 15 is 0 Å². The molecular weight excluding hydrogens is 346 g/mol. The van der Waals surface area contributed by atoms with Crippen LogP contribution in [-0.2, 0) is 0 Å². The molecule has 0 aromatic carbocycles. The number of hydrogen-bond acceptors (Lipinski definition) is 5. The van der Waals surface area contributed by atoms with Crippen LogP contribution in [0.15, 0.2) is 12.3 Å². The van der Waals surface area contributed by atoms with Gasteiger partial charge in [0.2, 0.25) is 0 Å². The van der Waals surface area contributed by atoms with Gasteiger partial charge in [-0.2, -0.15) is 0 Å². The second-order valence-corrected chi connectivity index (χ2v) is 9.35. The smallest absolute Gasteiger partial charge is 0.253 e. The number of amides is 1. The highest BCUT2D eigenvalue weighted by Gasteiger charge is 2.37. The van der Waals surface area contributed by atoms with Crippen molar-refractivity contribution >= 4 is 27.6 Å². The molecule has 0 bridgehead atoms. The van der Waals surface area contributed by atoms with Crippen molar-refractivity contribution in [3.8, 4) is 0 Å². The summed E-state index contributed by atoms with van der Waals surface area (Å²) in [6.07, 6.45) is 10.3. The van der Waals surface area contributed by atoms with Gasteiger partial charge in [-0.1, -0.05) is 0 Å². The fourth-order valence-electron chi connectivity index (χ4n) is 4.16. The summed E-state index contributed by atoms with van der Waals surface area (Å²) in [6.45, 7) is 0. The number of carbonyl (C=O) groups is 1. The molecule has 2 aromatic rings. The maximum atomic E-state index is 12.6. The molecule has 6 heteroatoms. The predicted molar refractivity (Wildman–Crippen MR) is 101 cm³/mol. The van der Waals surface area contributed by atoms with Gasteiger partial charge >= 0.3 is 0 Å². The average molecular weight is 372 g/mol. The average Bonchev–Trinajstić information content (AvgIpc) is 3.57. The van der Waals surface area contributed by atoms with E-state index in [1.165, 1.54) is 25.7 Å². The molecule has 2 aromatic heterocycles. The minimum atomic E-state index is -0.120. The first kappa shape index (κ1) is 16.6. The van der Waals surface area contributed by atoms with E-state index in [1.807, 2.05) is 6.07 Å². The minimum absolute atomic E-state index is 0.0352. The summed E-state index contributed by atoms with van der Waals surface area (Å²) in [7, 11) is 0. The molecule has 26 heavy (non-hydrogen) atoms. The van der Waals surface area contributed by atoms with Crippen molar-refractivity contribution in [2.24, 2.45) is 11.8 Å². The van der Waals surface area contributed by atoms with Gasteiger partial charge in [0.15, 0.2) is 5.65 Å². The van der Waals surface area contributed by atoms with Crippen LogP contribution >= 0.6 is 11.3 Å². The van der Waals surface area contributed by atoms with Gasteiger partial charge in [-0.25, -0.2) is 9.97 Å². The van der Waals surface area contributed by atoms with E-state index in [0.29, 0.717) is 23.3 Å². The third-order valence-corrected chi connectivity index (χ3v) is 7.30. The van der Waals surface area contributed by atoms with Crippen molar-refractivity contribution in [2.45, 2.75) is 69.4 Å². The van der Waals surface area contributed by atoms with Gasteiger partial charge in [-0.3, -0.25) is 4.79 Å². The monoisotopic (exact) mass is 371 g/mol. The molecule has 2 N–H and O–H groups in total. The summed E-state index contributed by atoms with van der Waals surface area (Å²) < 4.78 is 1.01. The van der Waals surface area contributed by atoms with E-state index in [0.717, 1.165) is 41.0 Å². The number of aromatic nitrogens is 2. The molecular formula is C20H25N3O2S. The standard InChI is InChI=1S/C20H25N3O2S/c24-17(11-1-2-11)12-5-7-15(8-6-12)22-19(25)14-9-16-18(21-10-14)23-20(26-16)13-3-4-13/h9-13,15,17,24H,1-8H2,(H,22,25). The number of carbonyl (C=O) groups excluding carboxylic acids is 1. The molecule has 138 valence electrons. The zero-order chi connectivity index (χ0) is 17.7. The number of pyridine rings is 1. The van der Waals surface area contributed by atoms with E-state index in [1.54, 1.807) is 17.5 Å². The van der Waals surface area contributed by atoms with Crippen molar-refractivity contribution in [1.82, 2.24) is 15.3 Å². The zero-order valence-electron chi connectivity index (χ0n) is 14.9. The molecule has 0 radical (unpaired) electrons. The second kappa shape index (κ2) is 6.57. The van der Waals surface area contributed by atoms with Crippen LogP contribution in [0.2, 0.25) is 0 Å². The van der Waals surface area contributed by atoms with E-state index in [2.05, 4.69) is 15.3 Å². The Labute approximate surface area is 157 Å².